The van der Waals surface area contributed by atoms with E-state index in [1.165, 1.54) is 43.1 Å². The predicted octanol–water partition coefficient (Wildman–Crippen LogP) is 35.9. The summed E-state index contributed by atoms with van der Waals surface area (Å²) in [7, 11) is 0. The molecular formula is C126H66N4O8. The molecule has 0 aliphatic rings. The average Bonchev–Trinajstić information content (AvgIpc) is 1.38. The van der Waals surface area contributed by atoms with Gasteiger partial charge in [0.05, 0.1) is 44.1 Å². The first-order valence-electron chi connectivity index (χ1n) is 46.8. The molecule has 0 unspecified atom stereocenters. The molecule has 0 fully saturated rings. The Morgan fingerprint density at radius 2 is 0.261 bits per heavy atom. The molecule has 12 heteroatoms. The van der Waals surface area contributed by atoms with E-state index >= 15 is 0 Å². The summed E-state index contributed by atoms with van der Waals surface area (Å²) in [6, 6.07) is 144. The summed E-state index contributed by atoms with van der Waals surface area (Å²) in [5.74, 6) is 0. The molecule has 12 aromatic heterocycles. The summed E-state index contributed by atoms with van der Waals surface area (Å²) in [6.07, 6.45) is 0. The fourth-order valence-electron chi connectivity index (χ4n) is 24.1. The van der Waals surface area contributed by atoms with Gasteiger partial charge in [0.25, 0.3) is 0 Å². The van der Waals surface area contributed by atoms with E-state index in [-0.39, 0.29) is 0 Å². The lowest BCUT2D eigenvalue weighted by molar-refractivity contribution is 0.663. The number of hydrogen-bond acceptors (Lipinski definition) is 8. The molecule has 0 radical (unpaired) electrons. The zero-order chi connectivity index (χ0) is 89.3. The van der Waals surface area contributed by atoms with Gasteiger partial charge in [-0.3, -0.25) is 0 Å². The van der Waals surface area contributed by atoms with E-state index in [4.69, 9.17) is 35.3 Å². The zero-order valence-electron chi connectivity index (χ0n) is 73.2. The molecule has 0 saturated heterocycles. The lowest BCUT2D eigenvalue weighted by atomic mass is 9.84. The Bertz CT molecular complexity index is 9860. The SMILES string of the molecule is c1ccc2c(c1)c1ccccc1n2-c1ccc2oc3ccc4oc5ccc(-c6cc(-c7ccc8oc9ccc%10oc%11ccc(-n%12c%13ccccc%13c%13ccccc%13%12)cc%11c%10c9c8c7)c(-c7ccc8oc9ccc%10oc%11ccc(-n%12c%13ccccc%13c%13ccccc%13%12)cc%11c%10c9c8c7)cc6-c6ccc7oc8ccc9oc%10ccc(-n%11c%12ccccc%12c%12ccccc%12%11)cc%10c9c8c7c6)cc5c4c3c2c1. The van der Waals surface area contributed by atoms with Gasteiger partial charge < -0.3 is 53.6 Å². The van der Waals surface area contributed by atoms with Gasteiger partial charge in [0.1, 0.15) is 89.3 Å². The van der Waals surface area contributed by atoms with Crippen LogP contribution in [0.3, 0.4) is 0 Å². The molecule has 0 spiro atoms. The van der Waals surface area contributed by atoms with E-state index in [2.05, 4.69) is 419 Å². The van der Waals surface area contributed by atoms with Crippen LogP contribution in [0.5, 0.6) is 0 Å². The van der Waals surface area contributed by atoms with Crippen molar-refractivity contribution in [1.82, 2.24) is 18.3 Å². The van der Waals surface area contributed by atoms with Crippen molar-refractivity contribution in [1.29, 1.82) is 0 Å². The van der Waals surface area contributed by atoms with E-state index in [1.807, 2.05) is 0 Å². The summed E-state index contributed by atoms with van der Waals surface area (Å²) < 4.78 is 65.9. The molecule has 12 heterocycles. The fraction of sp³-hybridized carbons (Fsp3) is 0. The number of hydrogen-bond donors (Lipinski definition) is 0. The number of furan rings is 8. The second kappa shape index (κ2) is 26.6. The van der Waals surface area contributed by atoms with E-state index in [0.29, 0.717) is 0 Å². The maximum atomic E-state index is 7.12. The number of aromatic nitrogens is 4. The van der Waals surface area contributed by atoms with Crippen molar-refractivity contribution in [3.63, 3.8) is 0 Å². The fourth-order valence-corrected chi connectivity index (χ4v) is 24.1. The second-order valence-electron chi connectivity index (χ2n) is 37.1. The van der Waals surface area contributed by atoms with Crippen LogP contribution in [0.2, 0.25) is 0 Å². The van der Waals surface area contributed by atoms with Crippen molar-refractivity contribution >= 4 is 263 Å². The molecular weight excluding hydrogens is 1700 g/mol. The van der Waals surface area contributed by atoms with Gasteiger partial charge >= 0.3 is 0 Å². The zero-order valence-corrected chi connectivity index (χ0v) is 73.2. The van der Waals surface area contributed by atoms with Crippen molar-refractivity contribution in [2.24, 2.45) is 0 Å². The minimum absolute atomic E-state index is 0.747. The first kappa shape index (κ1) is 72.9. The van der Waals surface area contributed by atoms with Crippen LogP contribution in [0.15, 0.2) is 436 Å². The van der Waals surface area contributed by atoms with Gasteiger partial charge in [-0.2, -0.15) is 0 Å². The van der Waals surface area contributed by atoms with E-state index in [1.54, 1.807) is 0 Å². The summed E-state index contributed by atoms with van der Waals surface area (Å²) in [5.41, 5.74) is 33.1. The van der Waals surface area contributed by atoms with Crippen LogP contribution in [0.4, 0.5) is 0 Å². The third kappa shape index (κ3) is 9.84. The van der Waals surface area contributed by atoms with E-state index in [9.17, 15) is 0 Å². The first-order chi connectivity index (χ1) is 68.4. The van der Waals surface area contributed by atoms with Crippen molar-refractivity contribution < 1.29 is 35.3 Å². The largest absolute Gasteiger partial charge is 0.456 e. The Balaban J connectivity index is 0.655. The number of fused-ring (bicyclic) bond motifs is 40. The highest BCUT2D eigenvalue weighted by atomic mass is 16.4. The van der Waals surface area contributed by atoms with E-state index in [0.717, 1.165) is 287 Å². The first-order valence-corrected chi connectivity index (χ1v) is 46.8. The Morgan fingerprint density at radius 3 is 0.435 bits per heavy atom. The van der Waals surface area contributed by atoms with Gasteiger partial charge in [0, 0.05) is 152 Å². The lowest BCUT2D eigenvalue weighted by Crippen LogP contribution is -1.93. The summed E-state index contributed by atoms with van der Waals surface area (Å²) in [6.45, 7) is 0. The lowest BCUT2D eigenvalue weighted by Gasteiger charge is -2.19. The molecule has 138 heavy (non-hydrogen) atoms. The Morgan fingerprint density at radius 1 is 0.116 bits per heavy atom. The number of para-hydroxylation sites is 8. The highest BCUT2D eigenvalue weighted by Gasteiger charge is 2.30. The molecule has 0 amide bonds. The minimum atomic E-state index is 0.747. The van der Waals surface area contributed by atoms with Crippen LogP contribution in [0.25, 0.3) is 330 Å². The quantitative estimate of drug-likeness (QED) is 0.147. The Labute approximate surface area is 778 Å². The van der Waals surface area contributed by atoms with Crippen LogP contribution in [0.1, 0.15) is 0 Å². The number of nitrogens with zero attached hydrogens (tertiary/aromatic N) is 4. The van der Waals surface area contributed by atoms with Gasteiger partial charge in [-0.25, -0.2) is 0 Å². The molecule has 0 atom stereocenters. The normalized spacial score (nSPS) is 12.6. The maximum absolute atomic E-state index is 7.12. The number of benzene rings is 21. The third-order valence-corrected chi connectivity index (χ3v) is 30.0. The summed E-state index contributed by atoms with van der Waals surface area (Å²) in [4.78, 5) is 0. The topological polar surface area (TPSA) is 125 Å². The minimum Gasteiger partial charge on any atom is -0.456 e. The molecule has 12 nitrogen and oxygen atoms in total. The molecule has 33 rings (SSSR count). The van der Waals surface area contributed by atoms with Gasteiger partial charge in [-0.1, -0.05) is 170 Å². The molecule has 0 aliphatic heterocycles. The Hall–Kier alpha value is -18.8. The molecule has 0 saturated carbocycles. The van der Waals surface area contributed by atoms with Crippen LogP contribution < -0.4 is 0 Å². The predicted molar refractivity (Wildman–Crippen MR) is 564 cm³/mol. The van der Waals surface area contributed by atoms with Crippen LogP contribution in [-0.4, -0.2) is 18.3 Å². The monoisotopic (exact) mass is 1760 g/mol. The smallest absolute Gasteiger partial charge is 0.136 e. The average molecular weight is 1760 g/mol. The van der Waals surface area contributed by atoms with Crippen molar-refractivity contribution in [2.45, 2.75) is 0 Å². The van der Waals surface area contributed by atoms with E-state index < -0.39 is 0 Å². The molecule has 0 N–H and O–H groups in total. The third-order valence-electron chi connectivity index (χ3n) is 30.0. The standard InChI is InChI=1S/C126H66N4O8/c1-9-25-95-75(17-1)76-18-2-10-26-96(76)127(95)71-37-45-107-91(61-71)123-115(135-107)53-49-111-119(123)87-57-67(33-41-103(87)131-111)83-65-85(69-35-43-105-89(59-69)121-113(133-105)51-55-117-125(121)93-63-73(39-47-109(93)137-117)129-99-29-13-5-21-79(99)80-22-6-14-30-100(80)129)86(70-36-44-106-90(60-70)122-114(134-106)52-56-118-126(122)94-64-74(40-48-110(94)138-118)130-101-31-15-7-23-81(101)82-24-8-16-32-102(82)130)66-84(83)68-34-42-104-88(58-68)120-112(132-104)50-54-116-124(120)92-62-72(38-46-108(92)136-116)128-97-27-11-3-19-77(97)78-20-4-12-28-98(78)128/h1-66H. The van der Waals surface area contributed by atoms with Crippen LogP contribution in [0, 0.1) is 0 Å². The van der Waals surface area contributed by atoms with Crippen molar-refractivity contribution in [2.75, 3.05) is 0 Å². The van der Waals surface area contributed by atoms with Crippen molar-refractivity contribution in [3.05, 3.63) is 400 Å². The van der Waals surface area contributed by atoms with Crippen LogP contribution in [-0.2, 0) is 0 Å². The molecule has 638 valence electrons. The maximum Gasteiger partial charge on any atom is 0.136 e. The molecule has 0 aliphatic carbocycles. The van der Waals surface area contributed by atoms with Crippen molar-refractivity contribution in [3.8, 4) is 67.3 Å². The number of rotatable bonds is 8. The van der Waals surface area contributed by atoms with Crippen LogP contribution >= 0.6 is 0 Å². The van der Waals surface area contributed by atoms with Gasteiger partial charge in [0.2, 0.25) is 0 Å². The summed E-state index contributed by atoms with van der Waals surface area (Å²) >= 11 is 0. The Kier molecular flexibility index (Phi) is 14.0. The summed E-state index contributed by atoms with van der Waals surface area (Å²) in [5, 5.41) is 25.0. The highest BCUT2D eigenvalue weighted by molar-refractivity contribution is 6.32. The van der Waals surface area contributed by atoms with Gasteiger partial charge in [-0.15, -0.1) is 0 Å². The molecule has 21 aromatic carbocycles. The molecule has 33 aromatic rings. The second-order valence-corrected chi connectivity index (χ2v) is 37.1. The van der Waals surface area contributed by atoms with Gasteiger partial charge in [-0.05, 0) is 275 Å². The highest BCUT2D eigenvalue weighted by Crippen LogP contribution is 2.53. The van der Waals surface area contributed by atoms with Gasteiger partial charge in [0.15, 0.2) is 0 Å². The molecule has 0 bridgehead atoms.